The van der Waals surface area contributed by atoms with Crippen LogP contribution in [-0.4, -0.2) is 87.3 Å². The molecular formula is C25H32F3N5O6. The quantitative estimate of drug-likeness (QED) is 0.343. The third kappa shape index (κ3) is 6.98. The van der Waals surface area contributed by atoms with Crippen molar-refractivity contribution in [3.8, 4) is 11.5 Å². The van der Waals surface area contributed by atoms with Crippen LogP contribution in [0, 0.1) is 5.92 Å². The van der Waals surface area contributed by atoms with Gasteiger partial charge in [0.05, 0.1) is 12.7 Å². The molecule has 39 heavy (non-hydrogen) atoms. The van der Waals surface area contributed by atoms with Gasteiger partial charge in [-0.2, -0.15) is 13.2 Å². The lowest BCUT2D eigenvalue weighted by molar-refractivity contribution is -0.189. The molecule has 11 nitrogen and oxygen atoms in total. The molecule has 1 aromatic carbocycles. The molecule has 4 amide bonds. The minimum absolute atomic E-state index is 0.118. The summed E-state index contributed by atoms with van der Waals surface area (Å²) >= 11 is 0. The molecule has 4 rings (SSSR count). The Balaban J connectivity index is 1.54. The number of hydrogen-bond donors (Lipinski definition) is 3. The standard InChI is InChI=1S/C25H32F3N5O6/c1-38-18-3-2-17(22(35)30-16-6-11-32(12-7-16)14-15-4-9-29-10-5-15)21(39-23(36)25(26,27)28)20(18)33-13-8-19(34)31-24(33)37/h2-3,15-16,29H,4-14H2,1H3,(H,30,35)(H,31,34,37). The van der Waals surface area contributed by atoms with Crippen molar-refractivity contribution >= 4 is 29.5 Å². The highest BCUT2D eigenvalue weighted by Gasteiger charge is 2.43. The number of carbonyl (C=O) groups is 4. The number of carbonyl (C=O) groups excluding carboxylic acids is 4. The van der Waals surface area contributed by atoms with Crippen LogP contribution in [0.1, 0.15) is 42.5 Å². The molecule has 0 atom stereocenters. The van der Waals surface area contributed by atoms with E-state index in [-0.39, 0.29) is 36.0 Å². The van der Waals surface area contributed by atoms with Gasteiger partial charge in [0.15, 0.2) is 5.75 Å². The lowest BCUT2D eigenvalue weighted by Crippen LogP contribution is -2.50. The van der Waals surface area contributed by atoms with Crippen molar-refractivity contribution in [1.29, 1.82) is 0 Å². The van der Waals surface area contributed by atoms with Crippen molar-refractivity contribution in [3.05, 3.63) is 17.7 Å². The first-order valence-corrected chi connectivity index (χ1v) is 12.9. The molecule has 0 spiro atoms. The number of methoxy groups -OCH3 is 1. The van der Waals surface area contributed by atoms with E-state index in [1.54, 1.807) is 0 Å². The number of imide groups is 1. The first-order valence-electron chi connectivity index (χ1n) is 12.9. The topological polar surface area (TPSA) is 129 Å². The van der Waals surface area contributed by atoms with Crippen LogP contribution in [0.3, 0.4) is 0 Å². The van der Waals surface area contributed by atoms with Crippen LogP contribution < -0.4 is 30.3 Å². The number of halogens is 3. The highest BCUT2D eigenvalue weighted by molar-refractivity contribution is 6.09. The fraction of sp³-hybridized carbons (Fsp3) is 0.600. The molecular weight excluding hydrogens is 523 g/mol. The fourth-order valence-electron chi connectivity index (χ4n) is 5.14. The van der Waals surface area contributed by atoms with Crippen LogP contribution in [0.4, 0.5) is 23.7 Å². The van der Waals surface area contributed by atoms with Crippen molar-refractivity contribution < 1.29 is 41.8 Å². The number of alkyl halides is 3. The van der Waals surface area contributed by atoms with Crippen LogP contribution in [0.25, 0.3) is 0 Å². The van der Waals surface area contributed by atoms with E-state index in [4.69, 9.17) is 9.47 Å². The van der Waals surface area contributed by atoms with Gasteiger partial charge in [-0.15, -0.1) is 0 Å². The number of likely N-dealkylation sites (tertiary alicyclic amines) is 1. The molecule has 0 saturated carbocycles. The van der Waals surface area contributed by atoms with E-state index in [1.165, 1.54) is 19.2 Å². The van der Waals surface area contributed by atoms with Gasteiger partial charge in [0.25, 0.3) is 5.91 Å². The lowest BCUT2D eigenvalue weighted by atomic mass is 9.95. The van der Waals surface area contributed by atoms with Crippen molar-refractivity contribution in [2.45, 2.75) is 44.3 Å². The number of benzene rings is 1. The predicted molar refractivity (Wildman–Crippen MR) is 133 cm³/mol. The molecule has 3 aliphatic rings. The Labute approximate surface area is 223 Å². The molecule has 0 bridgehead atoms. The molecule has 214 valence electrons. The SMILES string of the molecule is COc1ccc(C(=O)NC2CCN(CC3CCNCC3)CC2)c(OC(=O)C(F)(F)F)c1N1CCC(=O)NC1=O. The van der Waals surface area contributed by atoms with Gasteiger partial charge in [-0.3, -0.25) is 19.8 Å². The van der Waals surface area contributed by atoms with Crippen LogP contribution in [0.5, 0.6) is 11.5 Å². The number of nitrogens with zero attached hydrogens (tertiary/aromatic N) is 2. The minimum atomic E-state index is -5.37. The largest absolute Gasteiger partial charge is 0.494 e. The Morgan fingerprint density at radius 1 is 1.08 bits per heavy atom. The van der Waals surface area contributed by atoms with Gasteiger partial charge in [0.1, 0.15) is 11.4 Å². The zero-order valence-corrected chi connectivity index (χ0v) is 21.6. The molecule has 3 saturated heterocycles. The number of ether oxygens (including phenoxy) is 2. The van der Waals surface area contributed by atoms with Crippen molar-refractivity contribution in [1.82, 2.24) is 20.9 Å². The van der Waals surface area contributed by atoms with E-state index >= 15 is 0 Å². The molecule has 0 aromatic heterocycles. The second kappa shape index (κ2) is 12.2. The van der Waals surface area contributed by atoms with E-state index in [0.717, 1.165) is 50.5 Å². The summed E-state index contributed by atoms with van der Waals surface area (Å²) in [5.74, 6) is -4.16. The third-order valence-electron chi connectivity index (χ3n) is 7.21. The maximum Gasteiger partial charge on any atom is 0.491 e. The summed E-state index contributed by atoms with van der Waals surface area (Å²) < 4.78 is 49.5. The van der Waals surface area contributed by atoms with E-state index in [1.807, 2.05) is 0 Å². The Morgan fingerprint density at radius 2 is 1.77 bits per heavy atom. The molecule has 14 heteroatoms. The average Bonchev–Trinajstić information content (AvgIpc) is 2.90. The van der Waals surface area contributed by atoms with Gasteiger partial charge in [-0.1, -0.05) is 0 Å². The molecule has 0 radical (unpaired) electrons. The normalized spacial score (nSPS) is 19.9. The van der Waals surface area contributed by atoms with E-state index in [0.29, 0.717) is 18.8 Å². The third-order valence-corrected chi connectivity index (χ3v) is 7.21. The average molecular weight is 556 g/mol. The number of esters is 1. The second-order valence-electron chi connectivity index (χ2n) is 9.88. The molecule has 0 aliphatic carbocycles. The predicted octanol–water partition coefficient (Wildman–Crippen LogP) is 1.80. The van der Waals surface area contributed by atoms with Gasteiger partial charge in [0.2, 0.25) is 5.91 Å². The summed E-state index contributed by atoms with van der Waals surface area (Å²) in [5, 5.41) is 8.24. The van der Waals surface area contributed by atoms with Gasteiger partial charge in [-0.25, -0.2) is 9.59 Å². The summed E-state index contributed by atoms with van der Waals surface area (Å²) in [7, 11) is 1.21. The highest BCUT2D eigenvalue weighted by atomic mass is 19.4. The highest BCUT2D eigenvalue weighted by Crippen LogP contribution is 2.42. The van der Waals surface area contributed by atoms with E-state index in [9.17, 15) is 32.3 Å². The zero-order valence-electron chi connectivity index (χ0n) is 21.6. The number of anilines is 1. The van der Waals surface area contributed by atoms with Crippen LogP contribution >= 0.6 is 0 Å². The van der Waals surface area contributed by atoms with Crippen LogP contribution in [-0.2, 0) is 9.59 Å². The van der Waals surface area contributed by atoms with Gasteiger partial charge in [-0.05, 0) is 56.8 Å². The van der Waals surface area contributed by atoms with Gasteiger partial charge < -0.3 is 25.0 Å². The number of rotatable bonds is 7. The van der Waals surface area contributed by atoms with E-state index < -0.39 is 35.7 Å². The number of amides is 4. The maximum absolute atomic E-state index is 13.3. The van der Waals surface area contributed by atoms with Crippen molar-refractivity contribution in [2.24, 2.45) is 5.92 Å². The van der Waals surface area contributed by atoms with Crippen molar-refractivity contribution in [3.63, 3.8) is 0 Å². The maximum atomic E-state index is 13.3. The smallest absolute Gasteiger partial charge is 0.491 e. The van der Waals surface area contributed by atoms with E-state index in [2.05, 4.69) is 20.9 Å². The number of nitrogens with one attached hydrogen (secondary N) is 3. The molecule has 3 aliphatic heterocycles. The molecule has 3 N–H and O–H groups in total. The molecule has 1 aromatic rings. The van der Waals surface area contributed by atoms with Crippen molar-refractivity contribution in [2.75, 3.05) is 51.3 Å². The molecule has 0 unspecified atom stereocenters. The van der Waals surface area contributed by atoms with Crippen LogP contribution in [0.15, 0.2) is 12.1 Å². The van der Waals surface area contributed by atoms with Gasteiger partial charge in [0, 0.05) is 38.6 Å². The number of hydrogen-bond acceptors (Lipinski definition) is 8. The summed E-state index contributed by atoms with van der Waals surface area (Å²) in [6, 6.07) is 1.28. The Kier molecular flexibility index (Phi) is 8.95. The monoisotopic (exact) mass is 555 g/mol. The summed E-state index contributed by atoms with van der Waals surface area (Å²) in [5.41, 5.74) is -0.727. The fourth-order valence-corrected chi connectivity index (χ4v) is 5.14. The first-order chi connectivity index (χ1) is 18.6. The number of urea groups is 1. The number of piperidine rings is 2. The Bertz CT molecular complexity index is 1100. The zero-order chi connectivity index (χ0) is 28.2. The second-order valence-corrected chi connectivity index (χ2v) is 9.88. The first kappa shape index (κ1) is 28.6. The summed E-state index contributed by atoms with van der Waals surface area (Å²) in [6.07, 6.45) is -1.98. The molecule has 3 fully saturated rings. The minimum Gasteiger partial charge on any atom is -0.494 e. The lowest BCUT2D eigenvalue weighted by Gasteiger charge is -2.35. The molecule has 3 heterocycles. The summed E-state index contributed by atoms with van der Waals surface area (Å²) in [6.45, 7) is 4.32. The Morgan fingerprint density at radius 3 is 2.38 bits per heavy atom. The Hall–Kier alpha value is -3.39. The van der Waals surface area contributed by atoms with Gasteiger partial charge >= 0.3 is 18.2 Å². The van der Waals surface area contributed by atoms with Crippen LogP contribution in [0.2, 0.25) is 0 Å². The summed E-state index contributed by atoms with van der Waals surface area (Å²) in [4.78, 5) is 52.6.